The van der Waals surface area contributed by atoms with Crippen molar-refractivity contribution in [1.29, 1.82) is 5.26 Å². The Morgan fingerprint density at radius 3 is 2.43 bits per heavy atom. The quantitative estimate of drug-likeness (QED) is 0.905. The monoisotopic (exact) mass is 292 g/mol. The van der Waals surface area contributed by atoms with Gasteiger partial charge >= 0.3 is 6.36 Å². The lowest BCUT2D eigenvalue weighted by molar-refractivity contribution is -0.274. The van der Waals surface area contributed by atoms with Gasteiger partial charge in [-0.05, 0) is 42.8 Å². The molecule has 0 saturated heterocycles. The largest absolute Gasteiger partial charge is 0.573 e. The van der Waals surface area contributed by atoms with E-state index in [9.17, 15) is 13.2 Å². The van der Waals surface area contributed by atoms with Gasteiger partial charge in [-0.15, -0.1) is 13.2 Å². The Balaban J connectivity index is 2.18. The number of hydrogen-bond donors (Lipinski definition) is 1. The third-order valence-electron chi connectivity index (χ3n) is 2.70. The highest BCUT2D eigenvalue weighted by molar-refractivity contribution is 5.63. The van der Waals surface area contributed by atoms with E-state index < -0.39 is 6.36 Å². The van der Waals surface area contributed by atoms with Gasteiger partial charge in [-0.1, -0.05) is 6.07 Å². The van der Waals surface area contributed by atoms with Crippen molar-refractivity contribution in [1.82, 2.24) is 0 Å². The Morgan fingerprint density at radius 2 is 1.81 bits per heavy atom. The van der Waals surface area contributed by atoms with Crippen molar-refractivity contribution in [3.63, 3.8) is 0 Å². The molecule has 6 heteroatoms. The summed E-state index contributed by atoms with van der Waals surface area (Å²) < 4.78 is 40.3. The summed E-state index contributed by atoms with van der Waals surface area (Å²) in [6, 6.07) is 12.7. The summed E-state index contributed by atoms with van der Waals surface area (Å²) in [5, 5.41) is 11.8. The first kappa shape index (κ1) is 14.7. The van der Waals surface area contributed by atoms with Crippen LogP contribution in [-0.2, 0) is 0 Å². The Hall–Kier alpha value is -2.68. The third-order valence-corrected chi connectivity index (χ3v) is 2.70. The zero-order chi connectivity index (χ0) is 15.5. The maximum atomic E-state index is 12.2. The SMILES string of the molecule is Cc1cc(Nc2cccc(OC(F)(F)F)c2)ccc1C#N. The van der Waals surface area contributed by atoms with Crippen LogP contribution < -0.4 is 10.1 Å². The molecule has 21 heavy (non-hydrogen) atoms. The van der Waals surface area contributed by atoms with Gasteiger partial charge < -0.3 is 10.1 Å². The predicted molar refractivity (Wildman–Crippen MR) is 72.3 cm³/mol. The van der Waals surface area contributed by atoms with Crippen molar-refractivity contribution in [2.45, 2.75) is 13.3 Å². The van der Waals surface area contributed by atoms with E-state index in [1.54, 1.807) is 31.2 Å². The minimum absolute atomic E-state index is 0.294. The van der Waals surface area contributed by atoms with Gasteiger partial charge in [0.05, 0.1) is 11.6 Å². The molecule has 3 nitrogen and oxygen atoms in total. The first-order valence-electron chi connectivity index (χ1n) is 6.01. The molecule has 0 saturated carbocycles. The molecule has 2 rings (SSSR count). The molecule has 0 aromatic heterocycles. The highest BCUT2D eigenvalue weighted by atomic mass is 19.4. The number of ether oxygens (including phenoxy) is 1. The fourth-order valence-electron chi connectivity index (χ4n) is 1.80. The van der Waals surface area contributed by atoms with Crippen molar-refractivity contribution in [2.75, 3.05) is 5.32 Å². The fraction of sp³-hybridized carbons (Fsp3) is 0.133. The van der Waals surface area contributed by atoms with Crippen LogP contribution in [0.5, 0.6) is 5.75 Å². The standard InChI is InChI=1S/C15H11F3N2O/c1-10-7-13(6-5-11(10)9-19)20-12-3-2-4-14(8-12)21-15(16,17)18/h2-8,20H,1H3. The zero-order valence-electron chi connectivity index (χ0n) is 11.0. The number of anilines is 2. The molecule has 0 aliphatic heterocycles. The average molecular weight is 292 g/mol. The van der Waals surface area contributed by atoms with E-state index in [0.29, 0.717) is 16.9 Å². The van der Waals surface area contributed by atoms with E-state index in [0.717, 1.165) is 5.56 Å². The fourth-order valence-corrected chi connectivity index (χ4v) is 1.80. The number of aryl methyl sites for hydroxylation is 1. The van der Waals surface area contributed by atoms with E-state index in [2.05, 4.69) is 10.1 Å². The maximum Gasteiger partial charge on any atom is 0.573 e. The second-order valence-electron chi connectivity index (χ2n) is 4.34. The summed E-state index contributed by atoms with van der Waals surface area (Å²) in [6.45, 7) is 1.78. The van der Waals surface area contributed by atoms with Gasteiger partial charge in [0.2, 0.25) is 0 Å². The Bertz CT molecular complexity index is 690. The molecule has 0 aliphatic carbocycles. The Kier molecular flexibility index (Phi) is 4.03. The van der Waals surface area contributed by atoms with Crippen LogP contribution in [0.4, 0.5) is 24.5 Å². The minimum atomic E-state index is -4.72. The van der Waals surface area contributed by atoms with Crippen LogP contribution in [0, 0.1) is 18.3 Å². The van der Waals surface area contributed by atoms with Gasteiger partial charge in [0.25, 0.3) is 0 Å². The number of benzene rings is 2. The molecular formula is C15H11F3N2O. The number of nitrogens with one attached hydrogen (secondary N) is 1. The second-order valence-corrected chi connectivity index (χ2v) is 4.34. The van der Waals surface area contributed by atoms with Gasteiger partial charge in [0.1, 0.15) is 5.75 Å². The molecular weight excluding hydrogens is 281 g/mol. The zero-order valence-corrected chi connectivity index (χ0v) is 11.0. The smallest absolute Gasteiger partial charge is 0.406 e. The number of nitriles is 1. The molecule has 1 N–H and O–H groups in total. The highest BCUT2D eigenvalue weighted by Gasteiger charge is 2.31. The minimum Gasteiger partial charge on any atom is -0.406 e. The van der Waals surface area contributed by atoms with E-state index in [1.807, 2.05) is 6.07 Å². The molecule has 0 bridgehead atoms. The van der Waals surface area contributed by atoms with Crippen molar-refractivity contribution in [2.24, 2.45) is 0 Å². The highest BCUT2D eigenvalue weighted by Crippen LogP contribution is 2.27. The predicted octanol–water partition coefficient (Wildman–Crippen LogP) is 4.51. The first-order valence-corrected chi connectivity index (χ1v) is 6.01. The molecule has 0 aliphatic rings. The molecule has 0 spiro atoms. The number of halogens is 3. The van der Waals surface area contributed by atoms with Crippen molar-refractivity contribution >= 4 is 11.4 Å². The lowest BCUT2D eigenvalue weighted by Crippen LogP contribution is -2.17. The molecule has 0 amide bonds. The molecule has 2 aromatic carbocycles. The van der Waals surface area contributed by atoms with E-state index in [-0.39, 0.29) is 5.75 Å². The summed E-state index contributed by atoms with van der Waals surface area (Å²) in [4.78, 5) is 0. The van der Waals surface area contributed by atoms with E-state index in [4.69, 9.17) is 5.26 Å². The van der Waals surface area contributed by atoms with Crippen molar-refractivity contribution in [3.05, 3.63) is 53.6 Å². The van der Waals surface area contributed by atoms with Gasteiger partial charge in [-0.25, -0.2) is 0 Å². The lowest BCUT2D eigenvalue weighted by Gasteiger charge is -2.12. The Labute approximate surface area is 119 Å². The maximum absolute atomic E-state index is 12.2. The summed E-state index contributed by atoms with van der Waals surface area (Å²) in [6.07, 6.45) is -4.72. The van der Waals surface area contributed by atoms with Crippen LogP contribution in [0.3, 0.4) is 0 Å². The average Bonchev–Trinajstić information content (AvgIpc) is 2.37. The van der Waals surface area contributed by atoms with E-state index >= 15 is 0 Å². The number of nitrogens with zero attached hydrogens (tertiary/aromatic N) is 1. The molecule has 0 unspecified atom stereocenters. The topological polar surface area (TPSA) is 45.0 Å². The number of alkyl halides is 3. The summed E-state index contributed by atoms with van der Waals surface area (Å²) >= 11 is 0. The third kappa shape index (κ3) is 4.14. The van der Waals surface area contributed by atoms with Gasteiger partial charge in [-0.3, -0.25) is 0 Å². The molecule has 0 radical (unpaired) electrons. The molecule has 0 atom stereocenters. The number of rotatable bonds is 3. The molecule has 2 aromatic rings. The van der Waals surface area contributed by atoms with Crippen LogP contribution in [-0.4, -0.2) is 6.36 Å². The van der Waals surface area contributed by atoms with Crippen LogP contribution >= 0.6 is 0 Å². The van der Waals surface area contributed by atoms with Crippen LogP contribution in [0.15, 0.2) is 42.5 Å². The molecule has 0 heterocycles. The number of hydrogen-bond acceptors (Lipinski definition) is 3. The second kappa shape index (κ2) is 5.75. The van der Waals surface area contributed by atoms with Crippen LogP contribution in [0.2, 0.25) is 0 Å². The normalized spacial score (nSPS) is 10.8. The molecule has 108 valence electrons. The molecule has 0 fully saturated rings. The van der Waals surface area contributed by atoms with Gasteiger partial charge in [0, 0.05) is 17.4 Å². The van der Waals surface area contributed by atoms with Gasteiger partial charge in [0.15, 0.2) is 0 Å². The van der Waals surface area contributed by atoms with Crippen LogP contribution in [0.25, 0.3) is 0 Å². The summed E-state index contributed by atoms with van der Waals surface area (Å²) in [7, 11) is 0. The van der Waals surface area contributed by atoms with Crippen LogP contribution in [0.1, 0.15) is 11.1 Å². The van der Waals surface area contributed by atoms with E-state index in [1.165, 1.54) is 18.2 Å². The summed E-state index contributed by atoms with van der Waals surface area (Å²) in [5.41, 5.74) is 2.47. The van der Waals surface area contributed by atoms with Crippen molar-refractivity contribution < 1.29 is 17.9 Å². The Morgan fingerprint density at radius 1 is 1.10 bits per heavy atom. The summed E-state index contributed by atoms with van der Waals surface area (Å²) in [5.74, 6) is -0.294. The van der Waals surface area contributed by atoms with Crippen molar-refractivity contribution in [3.8, 4) is 11.8 Å². The van der Waals surface area contributed by atoms with Gasteiger partial charge in [-0.2, -0.15) is 5.26 Å². The first-order chi connectivity index (χ1) is 9.87. The lowest BCUT2D eigenvalue weighted by atomic mass is 10.1.